The molecule has 3 N–H and O–H groups in total. The average Bonchev–Trinajstić information content (AvgIpc) is 2.39. The maximum Gasteiger partial charge on any atom is 0.170 e. The van der Waals surface area contributed by atoms with Gasteiger partial charge in [-0.2, -0.15) is 0 Å². The normalized spacial score (nSPS) is 17.7. The molecule has 1 aromatic rings. The van der Waals surface area contributed by atoms with E-state index in [1.807, 2.05) is 25.1 Å². The first-order valence-electron chi connectivity index (χ1n) is 6.46. The molecule has 4 heteroatoms. The number of rotatable bonds is 3. The topological polar surface area (TPSA) is 67.8 Å². The van der Waals surface area contributed by atoms with Gasteiger partial charge in [0, 0.05) is 5.56 Å². The van der Waals surface area contributed by atoms with Crippen LogP contribution in [0.15, 0.2) is 23.4 Å². The second kappa shape index (κ2) is 5.76. The number of nitrogens with two attached hydrogens (primary N) is 1. The highest BCUT2D eigenvalue weighted by Crippen LogP contribution is 2.24. The zero-order valence-electron chi connectivity index (χ0n) is 10.7. The van der Waals surface area contributed by atoms with Crippen LogP contribution >= 0.6 is 0 Å². The second-order valence-electron chi connectivity index (χ2n) is 4.84. The molecule has 0 aromatic heterocycles. The molecule has 0 heterocycles. The third-order valence-corrected chi connectivity index (χ3v) is 3.44. The predicted molar refractivity (Wildman–Crippen MR) is 71.2 cm³/mol. The Bertz CT molecular complexity index is 437. The zero-order chi connectivity index (χ0) is 13.0. The van der Waals surface area contributed by atoms with Gasteiger partial charge in [0.1, 0.15) is 5.75 Å². The summed E-state index contributed by atoms with van der Waals surface area (Å²) in [6.45, 7) is 1.93. The molecule has 18 heavy (non-hydrogen) atoms. The van der Waals surface area contributed by atoms with Crippen molar-refractivity contribution in [3.8, 4) is 5.75 Å². The Morgan fingerprint density at radius 2 is 2.06 bits per heavy atom. The predicted octanol–water partition coefficient (Wildman–Crippen LogP) is 2.80. The van der Waals surface area contributed by atoms with Crippen molar-refractivity contribution in [2.24, 2.45) is 10.9 Å². The molecule has 1 aromatic carbocycles. The summed E-state index contributed by atoms with van der Waals surface area (Å²) in [6.07, 6.45) is 6.45. The molecule has 1 aliphatic carbocycles. The molecule has 1 aliphatic rings. The second-order valence-corrected chi connectivity index (χ2v) is 4.84. The van der Waals surface area contributed by atoms with Crippen LogP contribution in [0.25, 0.3) is 0 Å². The van der Waals surface area contributed by atoms with E-state index < -0.39 is 0 Å². The summed E-state index contributed by atoms with van der Waals surface area (Å²) in [5, 5.41) is 11.7. The van der Waals surface area contributed by atoms with E-state index in [-0.39, 0.29) is 5.84 Å². The van der Waals surface area contributed by atoms with Crippen molar-refractivity contribution in [3.63, 3.8) is 0 Å². The highest BCUT2D eigenvalue weighted by molar-refractivity contribution is 5.98. The molecule has 0 amide bonds. The summed E-state index contributed by atoms with van der Waals surface area (Å²) >= 11 is 0. The Morgan fingerprint density at radius 1 is 1.33 bits per heavy atom. The van der Waals surface area contributed by atoms with E-state index >= 15 is 0 Å². The first-order valence-corrected chi connectivity index (χ1v) is 6.46. The van der Waals surface area contributed by atoms with Crippen molar-refractivity contribution < 1.29 is 9.94 Å². The molecule has 4 nitrogen and oxygen atoms in total. The minimum Gasteiger partial charge on any atom is -0.490 e. The van der Waals surface area contributed by atoms with E-state index in [2.05, 4.69) is 5.16 Å². The van der Waals surface area contributed by atoms with E-state index in [4.69, 9.17) is 15.7 Å². The van der Waals surface area contributed by atoms with Gasteiger partial charge in [-0.3, -0.25) is 0 Å². The highest BCUT2D eigenvalue weighted by Gasteiger charge is 2.15. The van der Waals surface area contributed by atoms with Gasteiger partial charge in [0.15, 0.2) is 5.84 Å². The van der Waals surface area contributed by atoms with Crippen molar-refractivity contribution in [1.82, 2.24) is 0 Å². The molecular formula is C14H20N2O2. The number of hydrogen-bond donors (Lipinski definition) is 2. The number of amidine groups is 1. The number of benzene rings is 1. The summed E-state index contributed by atoms with van der Waals surface area (Å²) in [6, 6.07) is 5.67. The number of nitrogens with zero attached hydrogens (tertiary/aromatic N) is 1. The summed E-state index contributed by atoms with van der Waals surface area (Å²) in [4.78, 5) is 0. The van der Waals surface area contributed by atoms with Crippen molar-refractivity contribution in [3.05, 3.63) is 29.3 Å². The standard InChI is InChI=1S/C14H20N2O2/c1-10-9-12(7-8-13(10)14(15)16-17)18-11-5-3-2-4-6-11/h7-9,11,17H,2-6H2,1H3,(H2,15,16). The number of hydrogen-bond acceptors (Lipinski definition) is 3. The summed E-state index contributed by atoms with van der Waals surface area (Å²) < 4.78 is 5.96. The molecular weight excluding hydrogens is 228 g/mol. The minimum absolute atomic E-state index is 0.136. The van der Waals surface area contributed by atoms with Crippen LogP contribution in [0, 0.1) is 6.92 Å². The smallest absolute Gasteiger partial charge is 0.170 e. The molecule has 0 radical (unpaired) electrons. The van der Waals surface area contributed by atoms with Crippen LogP contribution in [0.4, 0.5) is 0 Å². The van der Waals surface area contributed by atoms with Crippen LogP contribution in [0.1, 0.15) is 43.2 Å². The van der Waals surface area contributed by atoms with Crippen LogP contribution in [-0.2, 0) is 0 Å². The summed E-state index contributed by atoms with van der Waals surface area (Å²) in [5.41, 5.74) is 7.29. The Hall–Kier alpha value is -1.71. The Balaban J connectivity index is 2.08. The van der Waals surface area contributed by atoms with Gasteiger partial charge in [-0.05, 0) is 56.4 Å². The first-order chi connectivity index (χ1) is 8.70. The Labute approximate surface area is 107 Å². The van der Waals surface area contributed by atoms with Gasteiger partial charge in [0.2, 0.25) is 0 Å². The molecule has 0 unspecified atom stereocenters. The fraction of sp³-hybridized carbons (Fsp3) is 0.500. The largest absolute Gasteiger partial charge is 0.490 e. The third-order valence-electron chi connectivity index (χ3n) is 3.44. The lowest BCUT2D eigenvalue weighted by Gasteiger charge is -2.23. The SMILES string of the molecule is Cc1cc(OC2CCCCC2)ccc1/C(N)=N/O. The van der Waals surface area contributed by atoms with Gasteiger partial charge in [-0.1, -0.05) is 11.6 Å². The lowest BCUT2D eigenvalue weighted by molar-refractivity contribution is 0.155. The maximum absolute atomic E-state index is 8.67. The Kier molecular flexibility index (Phi) is 4.07. The molecule has 2 rings (SSSR count). The molecule has 0 atom stereocenters. The lowest BCUT2D eigenvalue weighted by atomic mass is 9.98. The molecule has 1 fully saturated rings. The first kappa shape index (κ1) is 12.7. The number of oxime groups is 1. The maximum atomic E-state index is 8.67. The van der Waals surface area contributed by atoms with E-state index in [1.54, 1.807) is 0 Å². The van der Waals surface area contributed by atoms with Crippen molar-refractivity contribution in [2.45, 2.75) is 45.1 Å². The van der Waals surface area contributed by atoms with Crippen LogP contribution in [0.5, 0.6) is 5.75 Å². The van der Waals surface area contributed by atoms with E-state index in [1.165, 1.54) is 19.3 Å². The summed E-state index contributed by atoms with van der Waals surface area (Å²) in [7, 11) is 0. The van der Waals surface area contributed by atoms with Crippen LogP contribution in [0.3, 0.4) is 0 Å². The molecule has 1 saturated carbocycles. The van der Waals surface area contributed by atoms with Crippen LogP contribution < -0.4 is 10.5 Å². The van der Waals surface area contributed by atoms with E-state index in [0.29, 0.717) is 6.10 Å². The van der Waals surface area contributed by atoms with E-state index in [0.717, 1.165) is 29.7 Å². The fourth-order valence-corrected chi connectivity index (χ4v) is 2.43. The summed E-state index contributed by atoms with van der Waals surface area (Å²) in [5.74, 6) is 1.01. The van der Waals surface area contributed by atoms with Crippen molar-refractivity contribution in [2.75, 3.05) is 0 Å². The number of ether oxygens (including phenoxy) is 1. The molecule has 0 saturated heterocycles. The van der Waals surface area contributed by atoms with Crippen molar-refractivity contribution in [1.29, 1.82) is 0 Å². The monoisotopic (exact) mass is 248 g/mol. The van der Waals surface area contributed by atoms with Gasteiger partial charge in [0.25, 0.3) is 0 Å². The highest BCUT2D eigenvalue weighted by atomic mass is 16.5. The van der Waals surface area contributed by atoms with Gasteiger partial charge < -0.3 is 15.7 Å². The number of aryl methyl sites for hydroxylation is 1. The molecule has 0 bridgehead atoms. The lowest BCUT2D eigenvalue weighted by Crippen LogP contribution is -2.20. The van der Waals surface area contributed by atoms with Gasteiger partial charge >= 0.3 is 0 Å². The molecule has 98 valence electrons. The average molecular weight is 248 g/mol. The van der Waals surface area contributed by atoms with Crippen LogP contribution in [0.2, 0.25) is 0 Å². The van der Waals surface area contributed by atoms with Gasteiger partial charge in [-0.25, -0.2) is 0 Å². The van der Waals surface area contributed by atoms with Gasteiger partial charge in [-0.15, -0.1) is 0 Å². The molecule has 0 spiro atoms. The van der Waals surface area contributed by atoms with Crippen molar-refractivity contribution >= 4 is 5.84 Å². The van der Waals surface area contributed by atoms with Crippen LogP contribution in [-0.4, -0.2) is 17.1 Å². The third kappa shape index (κ3) is 2.94. The quantitative estimate of drug-likeness (QED) is 0.374. The van der Waals surface area contributed by atoms with Gasteiger partial charge in [0.05, 0.1) is 6.10 Å². The zero-order valence-corrected chi connectivity index (χ0v) is 10.7. The fourth-order valence-electron chi connectivity index (χ4n) is 2.43. The molecule has 0 aliphatic heterocycles. The Morgan fingerprint density at radius 3 is 2.67 bits per heavy atom. The minimum atomic E-state index is 0.136. The van der Waals surface area contributed by atoms with E-state index in [9.17, 15) is 0 Å².